The highest BCUT2D eigenvalue weighted by molar-refractivity contribution is 7.15. The van der Waals surface area contributed by atoms with Crippen molar-refractivity contribution in [3.05, 3.63) is 5.01 Å². The number of carbonyl (C=O) groups is 1. The molecule has 2 heterocycles. The van der Waals surface area contributed by atoms with Gasteiger partial charge in [0.1, 0.15) is 11.0 Å². The maximum absolute atomic E-state index is 12.2. The molecule has 0 aromatic carbocycles. The van der Waals surface area contributed by atoms with Crippen molar-refractivity contribution in [2.45, 2.75) is 56.5 Å². The average Bonchev–Trinajstić information content (AvgIpc) is 3.31. The summed E-state index contributed by atoms with van der Waals surface area (Å²) < 4.78 is 0. The van der Waals surface area contributed by atoms with Crippen LogP contribution in [-0.4, -0.2) is 34.7 Å². The van der Waals surface area contributed by atoms with E-state index >= 15 is 0 Å². The lowest BCUT2D eigenvalue weighted by Gasteiger charge is -2.22. The van der Waals surface area contributed by atoms with Gasteiger partial charge < -0.3 is 10.2 Å². The third kappa shape index (κ3) is 2.33. The molecule has 1 amide bonds. The molecule has 0 unspecified atom stereocenters. The molecule has 1 aromatic heterocycles. The Hall–Kier alpha value is -1.17. The van der Waals surface area contributed by atoms with Gasteiger partial charge in [-0.15, -0.1) is 10.2 Å². The number of carbonyl (C=O) groups excluding carboxylic acids is 1. The first-order chi connectivity index (χ1) is 9.31. The maximum Gasteiger partial charge on any atom is 0.243 e. The first-order valence-electron chi connectivity index (χ1n) is 7.21. The average molecular weight is 278 g/mol. The highest BCUT2D eigenvalue weighted by Gasteiger charge is 2.36. The molecular formula is C13H18N4OS. The van der Waals surface area contributed by atoms with Gasteiger partial charge in [-0.25, -0.2) is 0 Å². The number of anilines is 1. The van der Waals surface area contributed by atoms with Crippen LogP contribution in [0.3, 0.4) is 0 Å². The van der Waals surface area contributed by atoms with Crippen molar-refractivity contribution >= 4 is 22.4 Å². The van der Waals surface area contributed by atoms with Crippen molar-refractivity contribution in [3.63, 3.8) is 0 Å². The lowest BCUT2D eigenvalue weighted by molar-refractivity contribution is -0.122. The lowest BCUT2D eigenvalue weighted by Crippen LogP contribution is -2.44. The number of aromatic nitrogens is 2. The number of nitrogens with one attached hydrogen (secondary N) is 1. The van der Waals surface area contributed by atoms with Gasteiger partial charge in [0.2, 0.25) is 11.0 Å². The molecule has 5 nitrogen and oxygen atoms in total. The summed E-state index contributed by atoms with van der Waals surface area (Å²) in [5.41, 5.74) is 0. The Morgan fingerprint density at radius 3 is 2.79 bits per heavy atom. The summed E-state index contributed by atoms with van der Waals surface area (Å²) in [7, 11) is 0. The molecule has 6 heteroatoms. The number of hydrogen-bond acceptors (Lipinski definition) is 5. The molecule has 1 aliphatic heterocycles. The van der Waals surface area contributed by atoms with Crippen LogP contribution < -0.4 is 10.2 Å². The third-order valence-electron chi connectivity index (χ3n) is 4.08. The molecule has 0 spiro atoms. The second kappa shape index (κ2) is 4.44. The van der Waals surface area contributed by atoms with Crippen LogP contribution in [0.4, 0.5) is 5.13 Å². The Morgan fingerprint density at radius 1 is 1.21 bits per heavy atom. The second-order valence-corrected chi connectivity index (χ2v) is 6.82. The topological polar surface area (TPSA) is 58.1 Å². The van der Waals surface area contributed by atoms with E-state index in [1.165, 1.54) is 12.8 Å². The molecule has 19 heavy (non-hydrogen) atoms. The van der Waals surface area contributed by atoms with Crippen LogP contribution in [-0.2, 0) is 4.79 Å². The molecule has 0 radical (unpaired) electrons. The van der Waals surface area contributed by atoms with Gasteiger partial charge in [0.25, 0.3) is 0 Å². The van der Waals surface area contributed by atoms with Crippen molar-refractivity contribution in [3.8, 4) is 0 Å². The van der Waals surface area contributed by atoms with Crippen molar-refractivity contribution < 1.29 is 4.79 Å². The molecule has 102 valence electrons. The molecule has 1 saturated heterocycles. The number of hydrogen-bond donors (Lipinski definition) is 1. The van der Waals surface area contributed by atoms with E-state index in [9.17, 15) is 4.79 Å². The van der Waals surface area contributed by atoms with Gasteiger partial charge in [-0.3, -0.25) is 4.79 Å². The zero-order chi connectivity index (χ0) is 12.8. The maximum atomic E-state index is 12.2. The Balaban J connectivity index is 1.49. The Morgan fingerprint density at radius 2 is 2.05 bits per heavy atom. The van der Waals surface area contributed by atoms with Gasteiger partial charge in [-0.05, 0) is 38.5 Å². The number of amides is 1. The standard InChI is InChI=1S/C13H18N4OS/c18-11(14-9-5-6-9)10-2-1-7-17(10)13-16-15-12(19-13)8-3-4-8/h8-10H,1-7H2,(H,14,18)/t10-/m1/s1. The molecular weight excluding hydrogens is 260 g/mol. The fraction of sp³-hybridized carbons (Fsp3) is 0.769. The minimum atomic E-state index is -0.0272. The molecule has 3 aliphatic rings. The van der Waals surface area contributed by atoms with Crippen LogP contribution in [0.5, 0.6) is 0 Å². The third-order valence-corrected chi connectivity index (χ3v) is 5.20. The van der Waals surface area contributed by atoms with Crippen molar-refractivity contribution in [2.24, 2.45) is 0 Å². The molecule has 1 aromatic rings. The molecule has 1 N–H and O–H groups in total. The predicted octanol–water partition coefficient (Wildman–Crippen LogP) is 1.66. The largest absolute Gasteiger partial charge is 0.352 e. The first-order valence-corrected chi connectivity index (χ1v) is 8.03. The van der Waals surface area contributed by atoms with Crippen LogP contribution >= 0.6 is 11.3 Å². The minimum Gasteiger partial charge on any atom is -0.352 e. The van der Waals surface area contributed by atoms with Crippen molar-refractivity contribution in [1.82, 2.24) is 15.5 Å². The van der Waals surface area contributed by atoms with Crippen LogP contribution in [0, 0.1) is 0 Å². The van der Waals surface area contributed by atoms with E-state index in [0.717, 1.165) is 42.4 Å². The van der Waals surface area contributed by atoms with E-state index < -0.39 is 0 Å². The summed E-state index contributed by atoms with van der Waals surface area (Å²) in [4.78, 5) is 14.4. The monoisotopic (exact) mass is 278 g/mol. The molecule has 0 bridgehead atoms. The van der Waals surface area contributed by atoms with E-state index in [4.69, 9.17) is 0 Å². The number of rotatable bonds is 4. The van der Waals surface area contributed by atoms with Gasteiger partial charge >= 0.3 is 0 Å². The van der Waals surface area contributed by atoms with E-state index in [1.807, 2.05) is 0 Å². The van der Waals surface area contributed by atoms with Crippen LogP contribution in [0.1, 0.15) is 49.5 Å². The van der Waals surface area contributed by atoms with Gasteiger partial charge in [-0.2, -0.15) is 0 Å². The summed E-state index contributed by atoms with van der Waals surface area (Å²) >= 11 is 1.68. The summed E-state index contributed by atoms with van der Waals surface area (Å²) in [6.07, 6.45) is 6.80. The Bertz CT molecular complexity index is 495. The molecule has 2 saturated carbocycles. The van der Waals surface area contributed by atoms with E-state index in [-0.39, 0.29) is 11.9 Å². The fourth-order valence-corrected chi connectivity index (χ4v) is 3.72. The van der Waals surface area contributed by atoms with Gasteiger partial charge in [0.05, 0.1) is 0 Å². The van der Waals surface area contributed by atoms with Crippen molar-refractivity contribution in [1.29, 1.82) is 0 Å². The van der Waals surface area contributed by atoms with E-state index in [2.05, 4.69) is 20.4 Å². The fourth-order valence-electron chi connectivity index (χ4n) is 2.63. The first kappa shape index (κ1) is 11.6. The quantitative estimate of drug-likeness (QED) is 0.910. The predicted molar refractivity (Wildman–Crippen MR) is 73.4 cm³/mol. The summed E-state index contributed by atoms with van der Waals surface area (Å²) in [6, 6.07) is 0.409. The summed E-state index contributed by atoms with van der Waals surface area (Å²) in [5, 5.41) is 13.8. The smallest absolute Gasteiger partial charge is 0.243 e. The number of nitrogens with zero attached hydrogens (tertiary/aromatic N) is 3. The van der Waals surface area contributed by atoms with Gasteiger partial charge in [0, 0.05) is 18.5 Å². The van der Waals surface area contributed by atoms with Gasteiger partial charge in [-0.1, -0.05) is 11.3 Å². The SMILES string of the molecule is O=C(NC1CC1)[C@H]1CCCN1c1nnc(C2CC2)s1. The van der Waals surface area contributed by atoms with Crippen LogP contribution in [0.25, 0.3) is 0 Å². The van der Waals surface area contributed by atoms with Crippen LogP contribution in [0.2, 0.25) is 0 Å². The zero-order valence-corrected chi connectivity index (χ0v) is 11.7. The molecule has 1 atom stereocenters. The zero-order valence-electron chi connectivity index (χ0n) is 10.8. The highest BCUT2D eigenvalue weighted by Crippen LogP contribution is 2.43. The molecule has 4 rings (SSSR count). The summed E-state index contributed by atoms with van der Waals surface area (Å²) in [5.74, 6) is 0.829. The Kier molecular flexibility index (Phi) is 2.72. The van der Waals surface area contributed by atoms with Crippen LogP contribution in [0.15, 0.2) is 0 Å². The lowest BCUT2D eigenvalue weighted by atomic mass is 10.2. The summed E-state index contributed by atoms with van der Waals surface area (Å²) in [6.45, 7) is 0.933. The molecule has 3 fully saturated rings. The van der Waals surface area contributed by atoms with E-state index in [0.29, 0.717) is 12.0 Å². The molecule has 2 aliphatic carbocycles. The second-order valence-electron chi connectivity index (χ2n) is 5.83. The minimum absolute atomic E-state index is 0.0272. The van der Waals surface area contributed by atoms with Crippen molar-refractivity contribution in [2.75, 3.05) is 11.4 Å². The normalized spacial score (nSPS) is 26.7. The Labute approximate surface area is 116 Å². The highest BCUT2D eigenvalue weighted by atomic mass is 32.1. The van der Waals surface area contributed by atoms with Gasteiger partial charge in [0.15, 0.2) is 0 Å². The van der Waals surface area contributed by atoms with E-state index in [1.54, 1.807) is 11.3 Å².